The molecule has 0 saturated heterocycles. The van der Waals surface area contributed by atoms with Crippen LogP contribution < -0.4 is 5.73 Å². The molecule has 0 aromatic heterocycles. The van der Waals surface area contributed by atoms with Crippen LogP contribution in [0.2, 0.25) is 0 Å². The van der Waals surface area contributed by atoms with Gasteiger partial charge in [0.25, 0.3) is 0 Å². The molecule has 1 aliphatic carbocycles. The van der Waals surface area contributed by atoms with Crippen LogP contribution in [0.3, 0.4) is 0 Å². The molecule has 0 spiro atoms. The average molecular weight is 285 g/mol. The van der Waals surface area contributed by atoms with Crippen LogP contribution in [0.25, 0.3) is 0 Å². The van der Waals surface area contributed by atoms with Gasteiger partial charge in [0.1, 0.15) is 0 Å². The van der Waals surface area contributed by atoms with Crippen LogP contribution in [-0.2, 0) is 4.79 Å². The summed E-state index contributed by atoms with van der Waals surface area (Å²) in [4.78, 5) is 17.2. The van der Waals surface area contributed by atoms with E-state index in [9.17, 15) is 4.79 Å². The summed E-state index contributed by atoms with van der Waals surface area (Å²) in [6.45, 7) is 4.54. The molecule has 2 N–H and O–H groups in total. The maximum absolute atomic E-state index is 12.8. The lowest BCUT2D eigenvalue weighted by Gasteiger charge is -2.33. The molecule has 1 amide bonds. The van der Waals surface area contributed by atoms with Gasteiger partial charge in [0, 0.05) is 13.1 Å². The quantitative estimate of drug-likeness (QED) is 0.722. The maximum atomic E-state index is 12.8. The molecule has 0 aliphatic heterocycles. The topological polar surface area (TPSA) is 49.6 Å². The standard InChI is InChI=1S/C14H27N3OS/c1-4-17(11-7-10-16(2)3)13(18)14(12(15)19)8-5-6-9-14/h4-11H2,1-3H3,(H2,15,19). The number of nitrogens with two attached hydrogens (primary N) is 1. The van der Waals surface area contributed by atoms with Gasteiger partial charge in [0.15, 0.2) is 0 Å². The van der Waals surface area contributed by atoms with Crippen molar-refractivity contribution in [1.82, 2.24) is 9.80 Å². The highest BCUT2D eigenvalue weighted by Gasteiger charge is 2.45. The number of carbonyl (C=O) groups is 1. The summed E-state index contributed by atoms with van der Waals surface area (Å²) in [5.41, 5.74) is 5.33. The first-order chi connectivity index (χ1) is 8.94. The van der Waals surface area contributed by atoms with E-state index in [1.165, 1.54) is 0 Å². The second-order valence-electron chi connectivity index (χ2n) is 5.70. The van der Waals surface area contributed by atoms with E-state index in [-0.39, 0.29) is 5.91 Å². The Balaban J connectivity index is 2.68. The fourth-order valence-electron chi connectivity index (χ4n) is 2.83. The molecule has 4 nitrogen and oxygen atoms in total. The zero-order valence-corrected chi connectivity index (χ0v) is 13.3. The zero-order chi connectivity index (χ0) is 14.5. The molecule has 0 aromatic carbocycles. The molecular formula is C14H27N3OS. The lowest BCUT2D eigenvalue weighted by molar-refractivity contribution is -0.138. The lowest BCUT2D eigenvalue weighted by Crippen LogP contribution is -2.49. The van der Waals surface area contributed by atoms with Crippen LogP contribution >= 0.6 is 12.2 Å². The van der Waals surface area contributed by atoms with Crippen molar-refractivity contribution < 1.29 is 4.79 Å². The molecule has 0 radical (unpaired) electrons. The van der Waals surface area contributed by atoms with E-state index < -0.39 is 5.41 Å². The van der Waals surface area contributed by atoms with Crippen molar-refractivity contribution in [3.8, 4) is 0 Å². The van der Waals surface area contributed by atoms with Gasteiger partial charge < -0.3 is 15.5 Å². The zero-order valence-electron chi connectivity index (χ0n) is 12.4. The minimum Gasteiger partial charge on any atom is -0.392 e. The summed E-state index contributed by atoms with van der Waals surface area (Å²) in [6.07, 6.45) is 4.74. The van der Waals surface area contributed by atoms with Gasteiger partial charge in [-0.3, -0.25) is 4.79 Å². The number of amides is 1. The summed E-state index contributed by atoms with van der Waals surface area (Å²) in [6, 6.07) is 0. The molecule has 0 heterocycles. The number of hydrogen-bond acceptors (Lipinski definition) is 3. The lowest BCUT2D eigenvalue weighted by atomic mass is 9.84. The molecule has 5 heteroatoms. The van der Waals surface area contributed by atoms with Crippen molar-refractivity contribution in [2.75, 3.05) is 33.7 Å². The minimum absolute atomic E-state index is 0.152. The predicted molar refractivity (Wildman–Crippen MR) is 83.1 cm³/mol. The van der Waals surface area contributed by atoms with Crippen LogP contribution in [0.15, 0.2) is 0 Å². The second kappa shape index (κ2) is 7.20. The first-order valence-corrected chi connectivity index (χ1v) is 7.59. The second-order valence-corrected chi connectivity index (χ2v) is 6.13. The molecule has 1 saturated carbocycles. The van der Waals surface area contributed by atoms with Gasteiger partial charge in [-0.05, 0) is 46.8 Å². The maximum Gasteiger partial charge on any atom is 0.235 e. The Bertz CT molecular complexity index is 325. The largest absolute Gasteiger partial charge is 0.392 e. The first kappa shape index (κ1) is 16.4. The van der Waals surface area contributed by atoms with E-state index in [1.54, 1.807) is 0 Å². The van der Waals surface area contributed by atoms with Gasteiger partial charge in [0.05, 0.1) is 10.4 Å². The Morgan fingerprint density at radius 3 is 2.26 bits per heavy atom. The Morgan fingerprint density at radius 1 is 1.26 bits per heavy atom. The summed E-state index contributed by atoms with van der Waals surface area (Å²) in [5, 5.41) is 0. The molecule has 1 fully saturated rings. The minimum atomic E-state index is -0.552. The number of nitrogens with zero attached hydrogens (tertiary/aromatic N) is 2. The molecule has 19 heavy (non-hydrogen) atoms. The summed E-state index contributed by atoms with van der Waals surface area (Å²) < 4.78 is 0. The van der Waals surface area contributed by atoms with Crippen molar-refractivity contribution in [2.45, 2.75) is 39.0 Å². The molecule has 0 bridgehead atoms. The smallest absolute Gasteiger partial charge is 0.235 e. The van der Waals surface area contributed by atoms with E-state index in [0.717, 1.165) is 51.7 Å². The number of hydrogen-bond donors (Lipinski definition) is 1. The van der Waals surface area contributed by atoms with E-state index >= 15 is 0 Å². The summed E-state index contributed by atoms with van der Waals surface area (Å²) in [7, 11) is 4.09. The first-order valence-electron chi connectivity index (χ1n) is 7.18. The van der Waals surface area contributed by atoms with E-state index in [4.69, 9.17) is 18.0 Å². The van der Waals surface area contributed by atoms with Gasteiger partial charge in [-0.15, -0.1) is 0 Å². The fourth-order valence-corrected chi connectivity index (χ4v) is 3.12. The Kier molecular flexibility index (Phi) is 6.20. The molecule has 0 atom stereocenters. The van der Waals surface area contributed by atoms with Crippen LogP contribution in [0.5, 0.6) is 0 Å². The normalized spacial score (nSPS) is 17.7. The van der Waals surface area contributed by atoms with Crippen LogP contribution in [0.1, 0.15) is 39.0 Å². The van der Waals surface area contributed by atoms with Crippen LogP contribution in [-0.4, -0.2) is 54.4 Å². The third-order valence-electron chi connectivity index (χ3n) is 4.04. The molecule has 1 rings (SSSR count). The highest BCUT2D eigenvalue weighted by atomic mass is 32.1. The van der Waals surface area contributed by atoms with Crippen molar-refractivity contribution in [3.63, 3.8) is 0 Å². The fraction of sp³-hybridized carbons (Fsp3) is 0.857. The highest BCUT2D eigenvalue weighted by Crippen LogP contribution is 2.40. The van der Waals surface area contributed by atoms with E-state index in [1.807, 2.05) is 25.9 Å². The molecule has 0 aromatic rings. The highest BCUT2D eigenvalue weighted by molar-refractivity contribution is 7.80. The van der Waals surface area contributed by atoms with Crippen molar-refractivity contribution in [3.05, 3.63) is 0 Å². The van der Waals surface area contributed by atoms with Crippen molar-refractivity contribution in [2.24, 2.45) is 11.1 Å². The van der Waals surface area contributed by atoms with Crippen LogP contribution in [0, 0.1) is 5.41 Å². The Labute approximate surface area is 122 Å². The van der Waals surface area contributed by atoms with Gasteiger partial charge in [-0.1, -0.05) is 25.1 Å². The predicted octanol–water partition coefficient (Wildman–Crippen LogP) is 1.63. The molecule has 1 aliphatic rings. The third kappa shape index (κ3) is 3.89. The van der Waals surface area contributed by atoms with Gasteiger partial charge in [-0.2, -0.15) is 0 Å². The summed E-state index contributed by atoms with van der Waals surface area (Å²) >= 11 is 5.19. The van der Waals surface area contributed by atoms with Gasteiger partial charge in [-0.25, -0.2) is 0 Å². The van der Waals surface area contributed by atoms with Gasteiger partial charge in [0.2, 0.25) is 5.91 Å². The monoisotopic (exact) mass is 285 g/mol. The van der Waals surface area contributed by atoms with E-state index in [2.05, 4.69) is 4.90 Å². The van der Waals surface area contributed by atoms with Crippen LogP contribution in [0.4, 0.5) is 0 Å². The third-order valence-corrected chi connectivity index (χ3v) is 4.43. The van der Waals surface area contributed by atoms with E-state index in [0.29, 0.717) is 4.99 Å². The van der Waals surface area contributed by atoms with Gasteiger partial charge >= 0.3 is 0 Å². The van der Waals surface area contributed by atoms with Crippen molar-refractivity contribution >= 4 is 23.1 Å². The molecule has 110 valence electrons. The number of thiocarbonyl (C=S) groups is 1. The number of rotatable bonds is 7. The van der Waals surface area contributed by atoms with Crippen molar-refractivity contribution in [1.29, 1.82) is 0 Å². The Hall–Kier alpha value is -0.680. The average Bonchev–Trinajstić information content (AvgIpc) is 2.84. The molecular weight excluding hydrogens is 258 g/mol. The molecule has 0 unspecified atom stereocenters. The number of carbonyl (C=O) groups excluding carboxylic acids is 1. The Morgan fingerprint density at radius 2 is 1.84 bits per heavy atom. The SMILES string of the molecule is CCN(CCCN(C)C)C(=O)C1(C(N)=S)CCCC1. The summed E-state index contributed by atoms with van der Waals surface area (Å²) in [5.74, 6) is 0.152.